The Hall–Kier alpha value is -3.73. The molecule has 2 aromatic heterocycles. The van der Waals surface area contributed by atoms with Crippen molar-refractivity contribution in [2.24, 2.45) is 0 Å². The van der Waals surface area contributed by atoms with Crippen LogP contribution in [-0.2, 0) is 11.3 Å². The number of benzene rings is 1. The number of ether oxygens (including phenoxy) is 1. The van der Waals surface area contributed by atoms with E-state index in [1.807, 2.05) is 0 Å². The Morgan fingerprint density at radius 1 is 1.38 bits per heavy atom. The van der Waals surface area contributed by atoms with Gasteiger partial charge in [0.2, 0.25) is 5.89 Å². The van der Waals surface area contributed by atoms with E-state index in [2.05, 4.69) is 9.72 Å². The van der Waals surface area contributed by atoms with E-state index in [-0.39, 0.29) is 29.4 Å². The summed E-state index contributed by atoms with van der Waals surface area (Å²) < 4.78 is 24.1. The topological polar surface area (TPSA) is 98.1 Å². The Balaban J connectivity index is 1.94. The van der Waals surface area contributed by atoms with Crippen molar-refractivity contribution in [3.63, 3.8) is 0 Å². The van der Waals surface area contributed by atoms with Crippen molar-refractivity contribution in [1.82, 2.24) is 9.55 Å². The van der Waals surface area contributed by atoms with Crippen LogP contribution >= 0.6 is 0 Å². The number of nitriles is 1. The summed E-state index contributed by atoms with van der Waals surface area (Å²) in [6.07, 6.45) is 2.64. The van der Waals surface area contributed by atoms with Crippen LogP contribution in [0.5, 0.6) is 0 Å². The van der Waals surface area contributed by atoms with E-state index in [0.29, 0.717) is 11.3 Å². The molecule has 2 heterocycles. The Bertz CT molecular complexity index is 1060. The minimum Gasteiger partial charge on any atom is -0.465 e. The van der Waals surface area contributed by atoms with E-state index in [1.165, 1.54) is 54.5 Å². The van der Waals surface area contributed by atoms with Gasteiger partial charge in [0.15, 0.2) is 0 Å². The molecule has 7 nitrogen and oxygen atoms in total. The summed E-state index contributed by atoms with van der Waals surface area (Å²) in [5, 5.41) is 9.08. The third kappa shape index (κ3) is 3.37. The number of halogens is 1. The molecule has 130 valence electrons. The maximum Gasteiger partial charge on any atom is 0.339 e. The number of oxazole rings is 1. The van der Waals surface area contributed by atoms with E-state index >= 15 is 0 Å². The molecule has 0 saturated carbocycles. The third-order valence-corrected chi connectivity index (χ3v) is 3.60. The Morgan fingerprint density at radius 2 is 2.12 bits per heavy atom. The molecule has 0 fully saturated rings. The number of nitrogens with zero attached hydrogens (tertiary/aromatic N) is 3. The molecular formula is C18H12FN3O4. The smallest absolute Gasteiger partial charge is 0.339 e. The highest BCUT2D eigenvalue weighted by Crippen LogP contribution is 2.19. The quantitative estimate of drug-likeness (QED) is 0.668. The van der Waals surface area contributed by atoms with Crippen LogP contribution in [0.1, 0.15) is 21.6 Å². The lowest BCUT2D eigenvalue weighted by Gasteiger charge is -2.06. The lowest BCUT2D eigenvalue weighted by Crippen LogP contribution is -2.24. The van der Waals surface area contributed by atoms with Crippen LogP contribution in [0.3, 0.4) is 0 Å². The molecule has 3 aromatic rings. The number of carbonyl (C=O) groups excluding carboxylic acids is 1. The molecule has 0 unspecified atom stereocenters. The van der Waals surface area contributed by atoms with Gasteiger partial charge < -0.3 is 13.7 Å². The molecule has 0 N–H and O–H groups in total. The molecule has 0 saturated heterocycles. The maximum absolute atomic E-state index is 13.0. The van der Waals surface area contributed by atoms with Crippen molar-refractivity contribution >= 4 is 5.97 Å². The second-order valence-corrected chi connectivity index (χ2v) is 5.33. The van der Waals surface area contributed by atoms with Gasteiger partial charge in [-0.25, -0.2) is 14.2 Å². The zero-order valence-electron chi connectivity index (χ0n) is 13.6. The molecule has 0 aliphatic heterocycles. The van der Waals surface area contributed by atoms with Gasteiger partial charge >= 0.3 is 5.97 Å². The monoisotopic (exact) mass is 353 g/mol. The lowest BCUT2D eigenvalue weighted by molar-refractivity contribution is 0.0599. The average Bonchev–Trinajstić information content (AvgIpc) is 3.11. The van der Waals surface area contributed by atoms with E-state index in [1.54, 1.807) is 6.07 Å². The Kier molecular flexibility index (Phi) is 4.62. The lowest BCUT2D eigenvalue weighted by atomic mass is 10.2. The summed E-state index contributed by atoms with van der Waals surface area (Å²) in [7, 11) is 1.20. The highest BCUT2D eigenvalue weighted by Gasteiger charge is 2.14. The molecule has 0 spiro atoms. The number of esters is 1. The fourth-order valence-corrected chi connectivity index (χ4v) is 2.34. The van der Waals surface area contributed by atoms with Gasteiger partial charge in [0, 0.05) is 11.8 Å². The van der Waals surface area contributed by atoms with Crippen molar-refractivity contribution in [2.75, 3.05) is 7.11 Å². The normalized spacial score (nSPS) is 10.3. The zero-order chi connectivity index (χ0) is 18.7. The van der Waals surface area contributed by atoms with Gasteiger partial charge in [-0.05, 0) is 30.3 Å². The molecule has 26 heavy (non-hydrogen) atoms. The molecule has 0 atom stereocenters. The van der Waals surface area contributed by atoms with E-state index < -0.39 is 11.5 Å². The molecule has 0 aliphatic rings. The zero-order valence-corrected chi connectivity index (χ0v) is 13.6. The van der Waals surface area contributed by atoms with Gasteiger partial charge in [-0.2, -0.15) is 5.26 Å². The van der Waals surface area contributed by atoms with Crippen LogP contribution in [0.2, 0.25) is 0 Å². The Morgan fingerprint density at radius 3 is 2.77 bits per heavy atom. The number of methoxy groups -OCH3 is 1. The van der Waals surface area contributed by atoms with Crippen LogP contribution in [0.25, 0.3) is 11.5 Å². The summed E-state index contributed by atoms with van der Waals surface area (Å²) in [6, 6.07) is 8.53. The first-order valence-electron chi connectivity index (χ1n) is 7.45. The van der Waals surface area contributed by atoms with Crippen molar-refractivity contribution < 1.29 is 18.3 Å². The first-order chi connectivity index (χ1) is 12.5. The number of pyridine rings is 1. The van der Waals surface area contributed by atoms with Crippen molar-refractivity contribution in [3.8, 4) is 17.5 Å². The minimum absolute atomic E-state index is 0.0109. The van der Waals surface area contributed by atoms with Crippen LogP contribution in [0.4, 0.5) is 4.39 Å². The summed E-state index contributed by atoms with van der Waals surface area (Å²) in [4.78, 5) is 28.2. The van der Waals surface area contributed by atoms with E-state index in [4.69, 9.17) is 9.68 Å². The summed E-state index contributed by atoms with van der Waals surface area (Å²) in [5.41, 5.74) is 0.302. The second kappa shape index (κ2) is 7.03. The predicted octanol–water partition coefficient (Wildman–Crippen LogP) is 2.35. The molecule has 0 radical (unpaired) electrons. The summed E-state index contributed by atoms with van der Waals surface area (Å²) in [6.45, 7) is -0.0109. The maximum atomic E-state index is 13.0. The summed E-state index contributed by atoms with van der Waals surface area (Å²) >= 11 is 0. The number of hydrogen-bond donors (Lipinski definition) is 0. The van der Waals surface area contributed by atoms with Crippen LogP contribution in [0.15, 0.2) is 52.0 Å². The molecule has 8 heteroatoms. The molecule has 0 amide bonds. The molecule has 1 aromatic carbocycles. The van der Waals surface area contributed by atoms with E-state index in [9.17, 15) is 14.0 Å². The van der Waals surface area contributed by atoms with Gasteiger partial charge in [0.1, 0.15) is 23.7 Å². The fourth-order valence-electron chi connectivity index (χ4n) is 2.34. The average molecular weight is 353 g/mol. The predicted molar refractivity (Wildman–Crippen MR) is 87.8 cm³/mol. The standard InChI is InChI=1S/C18H12FN3O4/c1-25-18(24)13-6-12(7-20)17(23)22(8-13)9-15-10-26-16(21-15)11-2-4-14(19)5-3-11/h2-6,8,10H,9H2,1H3. The first-order valence-corrected chi connectivity index (χ1v) is 7.45. The highest BCUT2D eigenvalue weighted by molar-refractivity contribution is 5.89. The number of carbonyl (C=O) groups is 1. The number of hydrogen-bond acceptors (Lipinski definition) is 6. The van der Waals surface area contributed by atoms with Crippen molar-refractivity contribution in [3.05, 3.63) is 75.8 Å². The second-order valence-electron chi connectivity index (χ2n) is 5.33. The van der Waals surface area contributed by atoms with Crippen LogP contribution < -0.4 is 5.56 Å². The SMILES string of the molecule is COC(=O)c1cc(C#N)c(=O)n(Cc2coc(-c3ccc(F)cc3)n2)c1. The fraction of sp³-hybridized carbons (Fsp3) is 0.111. The van der Waals surface area contributed by atoms with Crippen molar-refractivity contribution in [1.29, 1.82) is 5.26 Å². The van der Waals surface area contributed by atoms with Gasteiger partial charge in [0.05, 0.1) is 24.9 Å². The Labute approximate surface area is 146 Å². The molecule has 0 aliphatic carbocycles. The van der Waals surface area contributed by atoms with Crippen LogP contribution in [-0.4, -0.2) is 22.6 Å². The molecule has 3 rings (SSSR count). The first kappa shape index (κ1) is 17.1. The van der Waals surface area contributed by atoms with E-state index in [0.717, 1.165) is 0 Å². The largest absolute Gasteiger partial charge is 0.465 e. The van der Waals surface area contributed by atoms with Gasteiger partial charge in [-0.15, -0.1) is 0 Å². The number of aromatic nitrogens is 2. The van der Waals surface area contributed by atoms with Gasteiger partial charge in [0.25, 0.3) is 5.56 Å². The number of rotatable bonds is 4. The minimum atomic E-state index is -0.664. The van der Waals surface area contributed by atoms with Crippen LogP contribution in [0, 0.1) is 17.1 Å². The van der Waals surface area contributed by atoms with Gasteiger partial charge in [-0.1, -0.05) is 0 Å². The third-order valence-electron chi connectivity index (χ3n) is 3.60. The molecule has 0 bridgehead atoms. The molecular weight excluding hydrogens is 341 g/mol. The summed E-state index contributed by atoms with van der Waals surface area (Å²) in [5.74, 6) is -0.782. The highest BCUT2D eigenvalue weighted by atomic mass is 19.1. The van der Waals surface area contributed by atoms with Crippen molar-refractivity contribution in [2.45, 2.75) is 6.54 Å². The van der Waals surface area contributed by atoms with Gasteiger partial charge in [-0.3, -0.25) is 4.79 Å².